The molecule has 28 heavy (non-hydrogen) atoms. The average molecular weight is 394 g/mol. The molecule has 0 heterocycles. The van der Waals surface area contributed by atoms with Gasteiger partial charge in [0.25, 0.3) is 0 Å². The second-order valence-electron chi connectivity index (χ2n) is 5.64. The molecule has 0 aliphatic heterocycles. The molecule has 144 valence electrons. The Kier molecular flexibility index (Phi) is 7.89. The molecule has 7 nitrogen and oxygen atoms in total. The lowest BCUT2D eigenvalue weighted by Crippen LogP contribution is -2.12. The lowest BCUT2D eigenvalue weighted by atomic mass is 10.2. The van der Waals surface area contributed by atoms with Gasteiger partial charge in [-0.1, -0.05) is 18.2 Å². The number of anilines is 2. The van der Waals surface area contributed by atoms with Crippen molar-refractivity contribution in [2.45, 2.75) is 4.90 Å². The molecule has 0 radical (unpaired) electrons. The Morgan fingerprint density at radius 3 is 1.93 bits per heavy atom. The predicted molar refractivity (Wildman–Crippen MR) is 119 cm³/mol. The van der Waals surface area contributed by atoms with Crippen molar-refractivity contribution in [2.24, 2.45) is 21.7 Å². The number of nitrogen functional groups attached to an aromatic ring is 3. The fraction of sp³-hybridized carbons (Fsp3) is 0. The standard InChI is InChI=1S/C13H13N3S.C7H10N4/c14-11-8-6-10(7-9-11)13(15)16-17-12-4-2-1-3-5-12;8-7(9)5-1-3-6(11-10)4-2-5/h1-9H,14H2,(H2,15,16);1-4,11H,10H2,(H3,8,9). The fourth-order valence-corrected chi connectivity index (χ4v) is 2.62. The summed E-state index contributed by atoms with van der Waals surface area (Å²) in [6.45, 7) is 0. The smallest absolute Gasteiger partial charge is 0.139 e. The monoisotopic (exact) mass is 393 g/mol. The lowest BCUT2D eigenvalue weighted by molar-refractivity contribution is 1.34. The van der Waals surface area contributed by atoms with Crippen LogP contribution in [0.2, 0.25) is 0 Å². The van der Waals surface area contributed by atoms with Crippen molar-refractivity contribution in [1.29, 1.82) is 5.41 Å². The topological polar surface area (TPSA) is 152 Å². The molecule has 3 aromatic rings. The first-order valence-electron chi connectivity index (χ1n) is 8.32. The first-order valence-corrected chi connectivity index (χ1v) is 9.09. The average Bonchev–Trinajstić information content (AvgIpc) is 2.74. The van der Waals surface area contributed by atoms with E-state index in [0.29, 0.717) is 11.4 Å². The molecule has 3 rings (SSSR count). The highest BCUT2D eigenvalue weighted by molar-refractivity contribution is 7.98. The summed E-state index contributed by atoms with van der Waals surface area (Å²) < 4.78 is 4.26. The van der Waals surface area contributed by atoms with Crippen LogP contribution in [0.3, 0.4) is 0 Å². The number of hydrogen-bond donors (Lipinski definition) is 6. The van der Waals surface area contributed by atoms with Crippen LogP contribution in [0.25, 0.3) is 0 Å². The van der Waals surface area contributed by atoms with E-state index in [4.69, 9.17) is 28.5 Å². The third kappa shape index (κ3) is 6.67. The number of hydrogen-bond acceptors (Lipinski definition) is 6. The molecule has 0 amide bonds. The number of nitrogens with one attached hydrogen (secondary N) is 2. The number of nitrogens with zero attached hydrogens (tertiary/aromatic N) is 1. The van der Waals surface area contributed by atoms with Crippen LogP contribution < -0.4 is 28.5 Å². The van der Waals surface area contributed by atoms with E-state index in [2.05, 4.69) is 9.82 Å². The zero-order chi connectivity index (χ0) is 20.4. The van der Waals surface area contributed by atoms with Gasteiger partial charge in [-0.25, -0.2) is 0 Å². The van der Waals surface area contributed by atoms with Gasteiger partial charge in [-0.2, -0.15) is 4.40 Å². The summed E-state index contributed by atoms with van der Waals surface area (Å²) in [5.74, 6) is 5.70. The van der Waals surface area contributed by atoms with E-state index in [0.717, 1.165) is 21.8 Å². The summed E-state index contributed by atoms with van der Waals surface area (Å²) in [4.78, 5) is 1.06. The molecule has 0 atom stereocenters. The first kappa shape index (κ1) is 20.8. The summed E-state index contributed by atoms with van der Waals surface area (Å²) in [7, 11) is 0. The second kappa shape index (κ2) is 10.6. The highest BCUT2D eigenvalue weighted by Crippen LogP contribution is 2.19. The van der Waals surface area contributed by atoms with E-state index in [1.54, 1.807) is 24.3 Å². The minimum atomic E-state index is 0.0635. The van der Waals surface area contributed by atoms with Crippen LogP contribution in [-0.2, 0) is 0 Å². The summed E-state index contributed by atoms with van der Waals surface area (Å²) in [5.41, 5.74) is 22.3. The van der Waals surface area contributed by atoms with E-state index >= 15 is 0 Å². The van der Waals surface area contributed by atoms with Crippen LogP contribution in [0.5, 0.6) is 0 Å². The van der Waals surface area contributed by atoms with Gasteiger partial charge in [-0.15, -0.1) is 0 Å². The van der Waals surface area contributed by atoms with E-state index in [1.165, 1.54) is 11.9 Å². The van der Waals surface area contributed by atoms with Crippen LogP contribution in [-0.4, -0.2) is 11.7 Å². The molecule has 10 N–H and O–H groups in total. The third-order valence-electron chi connectivity index (χ3n) is 3.56. The Balaban J connectivity index is 0.000000221. The van der Waals surface area contributed by atoms with Crippen molar-refractivity contribution in [3.63, 3.8) is 0 Å². The van der Waals surface area contributed by atoms with Gasteiger partial charge < -0.3 is 22.6 Å². The van der Waals surface area contributed by atoms with E-state index in [1.807, 2.05) is 54.6 Å². The molecule has 0 aliphatic carbocycles. The molecule has 0 spiro atoms. The molecular weight excluding hydrogens is 370 g/mol. The molecule has 8 heteroatoms. The molecular formula is C20H23N7S. The SMILES string of the molecule is N/C(=N\Sc1ccccc1)c1ccc(N)cc1.N=C(N)c1ccc(NN)cc1. The maximum absolute atomic E-state index is 7.09. The molecule has 0 aliphatic rings. The van der Waals surface area contributed by atoms with E-state index < -0.39 is 0 Å². The van der Waals surface area contributed by atoms with Crippen LogP contribution >= 0.6 is 11.9 Å². The van der Waals surface area contributed by atoms with Gasteiger partial charge in [0.2, 0.25) is 0 Å². The van der Waals surface area contributed by atoms with Crippen LogP contribution in [0, 0.1) is 5.41 Å². The molecule has 3 aromatic carbocycles. The van der Waals surface area contributed by atoms with Crippen molar-refractivity contribution in [1.82, 2.24) is 0 Å². The highest BCUT2D eigenvalue weighted by atomic mass is 32.2. The van der Waals surface area contributed by atoms with Crippen molar-refractivity contribution >= 4 is 35.0 Å². The summed E-state index contributed by atoms with van der Waals surface area (Å²) >= 11 is 1.36. The van der Waals surface area contributed by atoms with Gasteiger partial charge in [-0.05, 0) is 60.7 Å². The maximum Gasteiger partial charge on any atom is 0.139 e. The van der Waals surface area contributed by atoms with Crippen molar-refractivity contribution < 1.29 is 0 Å². The zero-order valence-electron chi connectivity index (χ0n) is 15.2. The van der Waals surface area contributed by atoms with Crippen molar-refractivity contribution in [3.8, 4) is 0 Å². The zero-order valence-corrected chi connectivity index (χ0v) is 16.0. The molecule has 0 aromatic heterocycles. The Morgan fingerprint density at radius 1 is 0.821 bits per heavy atom. The second-order valence-corrected chi connectivity index (χ2v) is 6.47. The van der Waals surface area contributed by atoms with Crippen LogP contribution in [0.4, 0.5) is 11.4 Å². The Hall–Kier alpha value is -3.49. The highest BCUT2D eigenvalue weighted by Gasteiger charge is 1.98. The minimum Gasteiger partial charge on any atom is -0.399 e. The van der Waals surface area contributed by atoms with Crippen molar-refractivity contribution in [3.05, 3.63) is 90.0 Å². The summed E-state index contributed by atoms with van der Waals surface area (Å²) in [6, 6.07) is 24.2. The Morgan fingerprint density at radius 2 is 1.39 bits per heavy atom. The van der Waals surface area contributed by atoms with Crippen LogP contribution in [0.15, 0.2) is 88.2 Å². The predicted octanol–water partition coefficient (Wildman–Crippen LogP) is 2.94. The number of hydrazine groups is 1. The molecule has 0 saturated heterocycles. The number of benzene rings is 3. The fourth-order valence-electron chi connectivity index (χ4n) is 2.04. The van der Waals surface area contributed by atoms with Gasteiger partial charge in [0, 0.05) is 39.3 Å². The summed E-state index contributed by atoms with van der Waals surface area (Å²) in [6.07, 6.45) is 0. The number of amidine groups is 2. The maximum atomic E-state index is 7.09. The molecule has 0 saturated carbocycles. The molecule has 0 fully saturated rings. The van der Waals surface area contributed by atoms with Crippen molar-refractivity contribution in [2.75, 3.05) is 11.2 Å². The Bertz CT molecular complexity index is 908. The van der Waals surface area contributed by atoms with Gasteiger partial charge in [0.1, 0.15) is 11.7 Å². The van der Waals surface area contributed by atoms with Gasteiger partial charge in [0.15, 0.2) is 0 Å². The molecule has 0 bridgehead atoms. The van der Waals surface area contributed by atoms with E-state index in [-0.39, 0.29) is 5.84 Å². The van der Waals surface area contributed by atoms with Gasteiger partial charge in [-0.3, -0.25) is 11.3 Å². The normalized spacial score (nSPS) is 10.5. The third-order valence-corrected chi connectivity index (χ3v) is 4.33. The van der Waals surface area contributed by atoms with Crippen LogP contribution in [0.1, 0.15) is 11.1 Å². The summed E-state index contributed by atoms with van der Waals surface area (Å²) in [5, 5.41) is 7.09. The number of nitrogens with two attached hydrogens (primary N) is 4. The quantitative estimate of drug-likeness (QED) is 0.0978. The largest absolute Gasteiger partial charge is 0.399 e. The van der Waals surface area contributed by atoms with Gasteiger partial charge in [0.05, 0.1) is 0 Å². The molecule has 0 unspecified atom stereocenters. The van der Waals surface area contributed by atoms with Gasteiger partial charge >= 0.3 is 0 Å². The first-order chi connectivity index (χ1) is 13.5. The number of rotatable bonds is 5. The van der Waals surface area contributed by atoms with E-state index in [9.17, 15) is 0 Å². The minimum absolute atomic E-state index is 0.0635. The Labute approximate surface area is 168 Å². The lowest BCUT2D eigenvalue weighted by Gasteiger charge is -2.01.